The summed E-state index contributed by atoms with van der Waals surface area (Å²) < 4.78 is 24.3. The van der Waals surface area contributed by atoms with E-state index >= 15 is 0 Å². The van der Waals surface area contributed by atoms with Gasteiger partial charge in [0.2, 0.25) is 10.0 Å². The molecule has 0 saturated heterocycles. The summed E-state index contributed by atoms with van der Waals surface area (Å²) in [7, 11) is -3.23. The summed E-state index contributed by atoms with van der Waals surface area (Å²) in [6, 6.07) is 0.0266. The highest BCUT2D eigenvalue weighted by atomic mass is 35.5. The Hall–Kier alpha value is 0.200. The Labute approximate surface area is 73.2 Å². The average Bonchev–Trinajstić information content (AvgIpc) is 2.00. The first-order valence-electron chi connectivity index (χ1n) is 3.61. The van der Waals surface area contributed by atoms with E-state index in [-0.39, 0.29) is 11.3 Å². The number of hydrogen-bond acceptors (Lipinski definition) is 2. The molecule has 0 aromatic heterocycles. The van der Waals surface area contributed by atoms with Gasteiger partial charge >= 0.3 is 0 Å². The van der Waals surface area contributed by atoms with Crippen LogP contribution in [-0.4, -0.2) is 19.7 Å². The van der Waals surface area contributed by atoms with E-state index in [0.29, 0.717) is 0 Å². The predicted octanol–water partition coefficient (Wildman–Crippen LogP) is 1.29. The Morgan fingerprint density at radius 2 is 1.82 bits per heavy atom. The summed E-state index contributed by atoms with van der Waals surface area (Å²) in [5, 5.41) is -0.358. The first-order valence-corrected chi connectivity index (χ1v) is 5.80. The largest absolute Gasteiger partial charge is 0.225 e. The minimum absolute atomic E-state index is 0.0266. The molecule has 0 aliphatic carbocycles. The van der Waals surface area contributed by atoms with Gasteiger partial charge in [0.25, 0.3) is 0 Å². The molecule has 0 radical (unpaired) electrons. The zero-order valence-electron chi connectivity index (χ0n) is 6.80. The third-order valence-corrected chi connectivity index (χ3v) is 3.32. The maximum Gasteiger partial charge on any atom is 0.225 e. The molecule has 1 N–H and O–H groups in total. The summed E-state index contributed by atoms with van der Waals surface area (Å²) in [5.74, 6) is 0. The maximum atomic E-state index is 10.9. The van der Waals surface area contributed by atoms with Crippen molar-refractivity contribution in [1.82, 2.24) is 4.72 Å². The van der Waals surface area contributed by atoms with Crippen LogP contribution in [0.1, 0.15) is 26.7 Å². The molecule has 0 heterocycles. The fourth-order valence-corrected chi connectivity index (χ4v) is 1.83. The number of alkyl halides is 1. The van der Waals surface area contributed by atoms with E-state index < -0.39 is 10.0 Å². The summed E-state index contributed by atoms with van der Waals surface area (Å²) in [4.78, 5) is 0. The third kappa shape index (κ3) is 4.61. The van der Waals surface area contributed by atoms with E-state index in [2.05, 4.69) is 4.72 Å². The molecule has 0 bridgehead atoms. The fourth-order valence-electron chi connectivity index (χ4n) is 0.741. The van der Waals surface area contributed by atoms with Crippen molar-refractivity contribution in [3.05, 3.63) is 0 Å². The van der Waals surface area contributed by atoms with Crippen LogP contribution in [0, 0.1) is 0 Å². The molecule has 11 heavy (non-hydrogen) atoms. The van der Waals surface area contributed by atoms with Gasteiger partial charge in [0.1, 0.15) is 5.21 Å². The number of rotatable bonds is 5. The molecule has 3 nitrogen and oxygen atoms in total. The lowest BCUT2D eigenvalue weighted by molar-refractivity contribution is 0.533. The second-order valence-electron chi connectivity index (χ2n) is 2.36. The molecule has 0 rings (SSSR count). The van der Waals surface area contributed by atoms with E-state index in [9.17, 15) is 8.42 Å². The standard InChI is InChI=1S/C6H14ClNO2S/c1-3-6(4-2)8-11(9,10)5-7/h6,8H,3-5H2,1-2H3. The molecule has 0 atom stereocenters. The summed E-state index contributed by atoms with van der Waals surface area (Å²) >= 11 is 5.20. The monoisotopic (exact) mass is 199 g/mol. The van der Waals surface area contributed by atoms with Crippen molar-refractivity contribution in [3.63, 3.8) is 0 Å². The van der Waals surface area contributed by atoms with Crippen LogP contribution < -0.4 is 4.72 Å². The van der Waals surface area contributed by atoms with Crippen molar-refractivity contribution in [1.29, 1.82) is 0 Å². The highest BCUT2D eigenvalue weighted by Gasteiger charge is 2.12. The minimum atomic E-state index is -3.23. The van der Waals surface area contributed by atoms with Gasteiger partial charge in [-0.25, -0.2) is 13.1 Å². The quantitative estimate of drug-likeness (QED) is 0.679. The second-order valence-corrected chi connectivity index (χ2v) is 4.69. The third-order valence-electron chi connectivity index (χ3n) is 1.48. The molecule has 68 valence electrons. The van der Waals surface area contributed by atoms with Gasteiger partial charge in [-0.1, -0.05) is 13.8 Å². The van der Waals surface area contributed by atoms with Gasteiger partial charge in [0.15, 0.2) is 0 Å². The minimum Gasteiger partial charge on any atom is -0.211 e. The summed E-state index contributed by atoms with van der Waals surface area (Å²) in [6.45, 7) is 3.87. The highest BCUT2D eigenvalue weighted by molar-refractivity contribution is 7.90. The molecule has 0 fully saturated rings. The van der Waals surface area contributed by atoms with E-state index in [1.165, 1.54) is 0 Å². The van der Waals surface area contributed by atoms with Crippen molar-refractivity contribution in [2.75, 3.05) is 5.21 Å². The predicted molar refractivity (Wildman–Crippen MR) is 47.1 cm³/mol. The van der Waals surface area contributed by atoms with E-state index in [0.717, 1.165) is 12.8 Å². The van der Waals surface area contributed by atoms with Crippen molar-refractivity contribution in [3.8, 4) is 0 Å². The molecule has 0 amide bonds. The van der Waals surface area contributed by atoms with Gasteiger partial charge in [-0.2, -0.15) is 0 Å². The lowest BCUT2D eigenvalue weighted by Crippen LogP contribution is -2.34. The van der Waals surface area contributed by atoms with Gasteiger partial charge < -0.3 is 0 Å². The van der Waals surface area contributed by atoms with Crippen LogP contribution in [0.15, 0.2) is 0 Å². The number of sulfonamides is 1. The smallest absolute Gasteiger partial charge is 0.211 e. The van der Waals surface area contributed by atoms with Crippen LogP contribution in [0.5, 0.6) is 0 Å². The Morgan fingerprint density at radius 1 is 1.36 bits per heavy atom. The zero-order valence-corrected chi connectivity index (χ0v) is 8.37. The Bertz CT molecular complexity index is 187. The van der Waals surface area contributed by atoms with Gasteiger partial charge in [-0.15, -0.1) is 11.6 Å². The van der Waals surface area contributed by atoms with Crippen LogP contribution in [0.25, 0.3) is 0 Å². The van der Waals surface area contributed by atoms with Gasteiger partial charge in [0.05, 0.1) is 0 Å². The Kier molecular flexibility index (Phi) is 5.04. The first-order chi connectivity index (χ1) is 5.05. The van der Waals surface area contributed by atoms with Crippen molar-refractivity contribution in [2.24, 2.45) is 0 Å². The van der Waals surface area contributed by atoms with Crippen molar-refractivity contribution >= 4 is 21.6 Å². The molecule has 0 saturated carbocycles. The molecular formula is C6H14ClNO2S. The Balaban J connectivity index is 4.01. The van der Waals surface area contributed by atoms with Gasteiger partial charge in [0, 0.05) is 6.04 Å². The number of hydrogen-bond donors (Lipinski definition) is 1. The van der Waals surface area contributed by atoms with Gasteiger partial charge in [-0.3, -0.25) is 0 Å². The second kappa shape index (κ2) is 4.95. The van der Waals surface area contributed by atoms with Crippen LogP contribution in [0.3, 0.4) is 0 Å². The van der Waals surface area contributed by atoms with E-state index in [1.54, 1.807) is 0 Å². The molecule has 0 unspecified atom stereocenters. The fraction of sp³-hybridized carbons (Fsp3) is 1.00. The zero-order chi connectivity index (χ0) is 8.91. The SMILES string of the molecule is CCC(CC)NS(=O)(=O)CCl. The topological polar surface area (TPSA) is 46.2 Å². The number of nitrogens with one attached hydrogen (secondary N) is 1. The molecule has 0 aromatic carbocycles. The Morgan fingerprint density at radius 3 is 2.09 bits per heavy atom. The van der Waals surface area contributed by atoms with Gasteiger partial charge in [-0.05, 0) is 12.8 Å². The summed E-state index contributed by atoms with van der Waals surface area (Å²) in [5.41, 5.74) is 0. The molecule has 0 aliphatic rings. The van der Waals surface area contributed by atoms with Crippen LogP contribution in [0.4, 0.5) is 0 Å². The molecule has 0 spiro atoms. The maximum absolute atomic E-state index is 10.9. The lowest BCUT2D eigenvalue weighted by Gasteiger charge is -2.12. The highest BCUT2D eigenvalue weighted by Crippen LogP contribution is 1.99. The first kappa shape index (κ1) is 11.2. The van der Waals surface area contributed by atoms with Crippen molar-refractivity contribution < 1.29 is 8.42 Å². The summed E-state index contributed by atoms with van der Waals surface area (Å²) in [6.07, 6.45) is 1.60. The molecular weight excluding hydrogens is 186 g/mol. The van der Waals surface area contributed by atoms with Crippen LogP contribution in [0.2, 0.25) is 0 Å². The van der Waals surface area contributed by atoms with Crippen LogP contribution in [-0.2, 0) is 10.0 Å². The van der Waals surface area contributed by atoms with Crippen molar-refractivity contribution in [2.45, 2.75) is 32.7 Å². The van der Waals surface area contributed by atoms with E-state index in [4.69, 9.17) is 11.6 Å². The van der Waals surface area contributed by atoms with E-state index in [1.807, 2.05) is 13.8 Å². The number of halogens is 1. The molecule has 0 aromatic rings. The molecule has 5 heteroatoms. The normalized spacial score (nSPS) is 12.4. The lowest BCUT2D eigenvalue weighted by atomic mass is 10.2. The van der Waals surface area contributed by atoms with Crippen LogP contribution >= 0.6 is 11.6 Å². The average molecular weight is 200 g/mol. The molecule has 0 aliphatic heterocycles.